The highest BCUT2D eigenvalue weighted by Crippen LogP contribution is 2.51. The van der Waals surface area contributed by atoms with Crippen LogP contribution in [-0.2, 0) is 6.03 Å². The van der Waals surface area contributed by atoms with Crippen molar-refractivity contribution in [2.75, 3.05) is 0 Å². The molecule has 194 valence electrons. The zero-order valence-electron chi connectivity index (χ0n) is 22.4. The Morgan fingerprint density at radius 2 is 1.00 bits per heavy atom. The Kier molecular flexibility index (Phi) is 3.68. The summed E-state index contributed by atoms with van der Waals surface area (Å²) in [5.74, 6) is 1.61. The topological polar surface area (TPSA) is 57.8 Å². The minimum absolute atomic E-state index is 0.803. The number of aromatic amines is 2. The quantitative estimate of drug-likeness (QED) is 0.192. The molecule has 4 aromatic heterocycles. The second kappa shape index (κ2) is 7.04. The van der Waals surface area contributed by atoms with Crippen molar-refractivity contribution in [1.29, 1.82) is 0 Å². The molecule has 3 aliphatic rings. The molecule has 7 aromatic rings. The van der Waals surface area contributed by atoms with Crippen LogP contribution in [0.5, 0.6) is 11.5 Å². The summed E-state index contributed by atoms with van der Waals surface area (Å²) in [6.45, 7) is 4.28. The average Bonchev–Trinajstić information content (AvgIpc) is 3.76. The predicted molar refractivity (Wildman–Crippen MR) is 156 cm³/mol. The molecule has 0 unspecified atom stereocenters. The maximum Gasteiger partial charge on any atom is 0.716 e. The molecule has 3 aromatic carbocycles. The van der Waals surface area contributed by atoms with E-state index < -0.39 is 6.03 Å². The second-order valence-corrected chi connectivity index (χ2v) is 11.3. The SMILES string of the molecule is Cc1cc(-c2ccc[nH]2)c2c(c1)-c1ccc3ccc4ccc5[n+]6c4c3[n+]1C6(O2)Oc1c(-c2ccc[nH]2)cc(C)cc1-5. The number of H-pyrrole nitrogens is 2. The molecule has 0 atom stereocenters. The third-order valence-corrected chi connectivity index (χ3v) is 8.81. The molecule has 3 aliphatic heterocycles. The summed E-state index contributed by atoms with van der Waals surface area (Å²) in [4.78, 5) is 6.81. The largest absolute Gasteiger partial charge is 0.716 e. The minimum atomic E-state index is -1.28. The maximum atomic E-state index is 7.31. The van der Waals surface area contributed by atoms with Gasteiger partial charge in [-0.05, 0) is 107 Å². The lowest BCUT2D eigenvalue weighted by molar-refractivity contribution is -1.03. The smallest absolute Gasteiger partial charge is 0.361 e. The molecule has 10 rings (SSSR count). The molecule has 0 aliphatic carbocycles. The first-order valence-electron chi connectivity index (χ1n) is 13.9. The van der Waals surface area contributed by atoms with Crippen LogP contribution in [0.3, 0.4) is 0 Å². The van der Waals surface area contributed by atoms with E-state index >= 15 is 0 Å². The summed E-state index contributed by atoms with van der Waals surface area (Å²) in [6.07, 6.45) is 3.91. The van der Waals surface area contributed by atoms with Crippen molar-refractivity contribution in [2.24, 2.45) is 0 Å². The minimum Gasteiger partial charge on any atom is -0.361 e. The second-order valence-electron chi connectivity index (χ2n) is 11.3. The van der Waals surface area contributed by atoms with Gasteiger partial charge in [0.25, 0.3) is 11.0 Å². The molecule has 0 saturated heterocycles. The molecule has 7 heterocycles. The Morgan fingerprint density at radius 3 is 1.44 bits per heavy atom. The van der Waals surface area contributed by atoms with Gasteiger partial charge >= 0.3 is 6.03 Å². The lowest BCUT2D eigenvalue weighted by atomic mass is 9.97. The van der Waals surface area contributed by atoms with Crippen molar-refractivity contribution >= 4 is 21.8 Å². The molecule has 0 radical (unpaired) electrons. The van der Waals surface area contributed by atoms with Gasteiger partial charge in [0, 0.05) is 47.0 Å². The van der Waals surface area contributed by atoms with Crippen LogP contribution in [0, 0.1) is 13.8 Å². The molecule has 0 amide bonds. The molecule has 0 fully saturated rings. The van der Waals surface area contributed by atoms with E-state index in [9.17, 15) is 0 Å². The van der Waals surface area contributed by atoms with Gasteiger partial charge < -0.3 is 19.4 Å². The van der Waals surface area contributed by atoms with E-state index in [-0.39, 0.29) is 0 Å². The molecular formula is C35H24N4O2+2. The standard InChI is InChI=1S/C35H23N4O2/c1-19-15-23(27-5-3-13-36-27)33-25(17-19)29-11-9-21-7-8-22-10-12-30-26-18-20(2)16-24(28-6-4-14-37-28)34(26)41-35(40-33)38(29)31(21)32(22)39(30)35/h3-18,36H,1-2H3/q+1/p+1. The van der Waals surface area contributed by atoms with Crippen LogP contribution in [0.4, 0.5) is 0 Å². The van der Waals surface area contributed by atoms with E-state index in [4.69, 9.17) is 9.47 Å². The molecule has 2 N–H and O–H groups in total. The molecule has 0 saturated carbocycles. The lowest BCUT2D eigenvalue weighted by Gasteiger charge is -2.31. The van der Waals surface area contributed by atoms with Crippen molar-refractivity contribution in [3.8, 4) is 56.5 Å². The fraction of sp³-hybridized carbons (Fsp3) is 0.0857. The summed E-state index contributed by atoms with van der Waals surface area (Å²) in [7, 11) is 0. The Balaban J connectivity index is 1.38. The molecule has 6 nitrogen and oxygen atoms in total. The first-order chi connectivity index (χ1) is 20.1. The van der Waals surface area contributed by atoms with Gasteiger partial charge in [-0.15, -0.1) is 0 Å². The van der Waals surface area contributed by atoms with Gasteiger partial charge in [-0.2, -0.15) is 0 Å². The number of hydrogen-bond acceptors (Lipinski definition) is 2. The number of benzene rings is 3. The number of hydrogen-bond donors (Lipinski definition) is 2. The highest BCUT2D eigenvalue weighted by Gasteiger charge is 2.72. The number of aromatic nitrogens is 4. The number of ether oxygens (including phenoxy) is 2. The van der Waals surface area contributed by atoms with E-state index in [0.717, 1.165) is 78.3 Å². The van der Waals surface area contributed by atoms with Gasteiger partial charge in [0.2, 0.25) is 11.4 Å². The van der Waals surface area contributed by atoms with Crippen molar-refractivity contribution in [1.82, 2.24) is 9.97 Å². The van der Waals surface area contributed by atoms with E-state index in [0.29, 0.717) is 0 Å². The van der Waals surface area contributed by atoms with Crippen LogP contribution in [0.2, 0.25) is 0 Å². The molecule has 1 spiro atoms. The summed E-state index contributed by atoms with van der Waals surface area (Å²) in [5.41, 5.74) is 12.8. The van der Waals surface area contributed by atoms with Crippen molar-refractivity contribution in [2.45, 2.75) is 19.9 Å². The molecule has 41 heavy (non-hydrogen) atoms. The van der Waals surface area contributed by atoms with Crippen LogP contribution >= 0.6 is 0 Å². The summed E-state index contributed by atoms with van der Waals surface area (Å²) < 4.78 is 19.2. The van der Waals surface area contributed by atoms with Crippen molar-refractivity contribution in [3.63, 3.8) is 0 Å². The third kappa shape index (κ3) is 2.49. The monoisotopic (exact) mass is 532 g/mol. The molecular weight excluding hydrogens is 508 g/mol. The van der Waals surface area contributed by atoms with Crippen LogP contribution in [0.15, 0.2) is 97.3 Å². The lowest BCUT2D eigenvalue weighted by Crippen LogP contribution is -2.79. The van der Waals surface area contributed by atoms with E-state index in [1.54, 1.807) is 0 Å². The Hall–Kier alpha value is -5.36. The van der Waals surface area contributed by atoms with Gasteiger partial charge in [0.05, 0.1) is 21.9 Å². The number of rotatable bonds is 2. The zero-order chi connectivity index (χ0) is 27.0. The van der Waals surface area contributed by atoms with Gasteiger partial charge in [0.15, 0.2) is 11.5 Å². The fourth-order valence-corrected chi connectivity index (χ4v) is 7.20. The highest BCUT2D eigenvalue weighted by molar-refractivity contribution is 6.01. The van der Waals surface area contributed by atoms with E-state index in [1.807, 2.05) is 24.5 Å². The van der Waals surface area contributed by atoms with Gasteiger partial charge in [0.1, 0.15) is 0 Å². The van der Waals surface area contributed by atoms with Gasteiger partial charge in [-0.25, -0.2) is 0 Å². The number of aryl methyl sites for hydroxylation is 2. The summed E-state index contributed by atoms with van der Waals surface area (Å²) in [5, 5.41) is 2.29. The van der Waals surface area contributed by atoms with Crippen LogP contribution in [-0.4, -0.2) is 9.97 Å². The van der Waals surface area contributed by atoms with Crippen molar-refractivity contribution in [3.05, 3.63) is 108 Å². The Morgan fingerprint density at radius 1 is 0.561 bits per heavy atom. The summed E-state index contributed by atoms with van der Waals surface area (Å²) in [6, 6.07) is 29.0. The zero-order valence-corrected chi connectivity index (χ0v) is 22.4. The molecule has 6 heteroatoms. The summed E-state index contributed by atoms with van der Waals surface area (Å²) >= 11 is 0. The number of nitrogens with zero attached hydrogens (tertiary/aromatic N) is 2. The van der Waals surface area contributed by atoms with E-state index in [1.165, 1.54) is 11.1 Å². The Bertz CT molecular complexity index is 2120. The predicted octanol–water partition coefficient (Wildman–Crippen LogP) is 6.72. The Labute approximate surface area is 235 Å². The highest BCUT2D eigenvalue weighted by atomic mass is 16.7. The van der Waals surface area contributed by atoms with E-state index in [2.05, 4.69) is 106 Å². The average molecular weight is 533 g/mol. The van der Waals surface area contributed by atoms with Crippen LogP contribution in [0.25, 0.3) is 66.8 Å². The number of fused-ring (bicyclic) bond motifs is 4. The first-order valence-corrected chi connectivity index (χ1v) is 13.9. The van der Waals surface area contributed by atoms with Gasteiger partial charge in [-0.1, -0.05) is 0 Å². The third-order valence-electron chi connectivity index (χ3n) is 8.81. The van der Waals surface area contributed by atoms with Crippen molar-refractivity contribution < 1.29 is 18.6 Å². The molecule has 0 bridgehead atoms. The maximum absolute atomic E-state index is 7.31. The van der Waals surface area contributed by atoms with Gasteiger partial charge in [-0.3, -0.25) is 0 Å². The fourth-order valence-electron chi connectivity index (χ4n) is 7.20. The van der Waals surface area contributed by atoms with Crippen LogP contribution in [0.1, 0.15) is 11.1 Å². The number of nitrogens with one attached hydrogen (secondary N) is 2. The number of pyridine rings is 2. The normalized spacial score (nSPS) is 14.7. The van der Waals surface area contributed by atoms with Crippen LogP contribution < -0.4 is 18.6 Å². The first kappa shape index (κ1) is 21.5.